The van der Waals surface area contributed by atoms with Crippen LogP contribution in [0.5, 0.6) is 0 Å². The van der Waals surface area contributed by atoms with E-state index in [0.717, 1.165) is 11.1 Å². The van der Waals surface area contributed by atoms with E-state index in [1.54, 1.807) is 20.8 Å². The summed E-state index contributed by atoms with van der Waals surface area (Å²) in [4.78, 5) is 12.1. The molecular formula is C15H23NO4S. The predicted octanol–water partition coefficient (Wildman–Crippen LogP) is 2.15. The van der Waals surface area contributed by atoms with Gasteiger partial charge in [0.1, 0.15) is 6.10 Å². The van der Waals surface area contributed by atoms with Gasteiger partial charge in [0.2, 0.25) is 0 Å². The maximum Gasteiger partial charge on any atom is 0.264 e. The molecule has 0 bridgehead atoms. The Labute approximate surface area is 126 Å². The van der Waals surface area contributed by atoms with Crippen molar-refractivity contribution in [3.63, 3.8) is 0 Å². The van der Waals surface area contributed by atoms with Gasteiger partial charge >= 0.3 is 0 Å². The van der Waals surface area contributed by atoms with Crippen LogP contribution in [0.4, 0.5) is 0 Å². The molecule has 0 saturated carbocycles. The molecule has 0 aromatic heterocycles. The molecule has 1 aromatic carbocycles. The molecular weight excluding hydrogens is 290 g/mol. The first-order chi connectivity index (χ1) is 9.61. The molecule has 1 aromatic rings. The molecule has 1 N–H and O–H groups in total. The molecule has 0 fully saturated rings. The van der Waals surface area contributed by atoms with Crippen LogP contribution in [-0.2, 0) is 19.6 Å². The summed E-state index contributed by atoms with van der Waals surface area (Å²) in [6.45, 7) is 10.8. The molecule has 0 aliphatic heterocycles. The zero-order chi connectivity index (χ0) is 16.4. The Hall–Kier alpha value is -1.40. The van der Waals surface area contributed by atoms with Crippen LogP contribution in [0.15, 0.2) is 11.0 Å². The van der Waals surface area contributed by atoms with Crippen LogP contribution in [0.25, 0.3) is 0 Å². The minimum absolute atomic E-state index is 0.178. The van der Waals surface area contributed by atoms with Crippen LogP contribution in [-0.4, -0.2) is 27.0 Å². The first kappa shape index (κ1) is 17.7. The number of carbonyl (C=O) groups is 1. The smallest absolute Gasteiger partial charge is 0.264 e. The van der Waals surface area contributed by atoms with Gasteiger partial charge in [-0.2, -0.15) is 0 Å². The van der Waals surface area contributed by atoms with Crippen LogP contribution < -0.4 is 4.72 Å². The van der Waals surface area contributed by atoms with Gasteiger partial charge in [0.05, 0.1) is 4.90 Å². The molecule has 1 amide bonds. The van der Waals surface area contributed by atoms with Crippen LogP contribution >= 0.6 is 0 Å². The maximum atomic E-state index is 12.5. The highest BCUT2D eigenvalue weighted by Gasteiger charge is 2.26. The molecule has 0 heterocycles. The first-order valence-corrected chi connectivity index (χ1v) is 8.35. The van der Waals surface area contributed by atoms with Gasteiger partial charge in [0, 0.05) is 6.61 Å². The molecule has 0 saturated heterocycles. The lowest BCUT2D eigenvalue weighted by atomic mass is 10.0. The highest BCUT2D eigenvalue weighted by Crippen LogP contribution is 2.25. The van der Waals surface area contributed by atoms with E-state index >= 15 is 0 Å². The van der Waals surface area contributed by atoms with E-state index in [1.807, 2.05) is 19.9 Å². The highest BCUT2D eigenvalue weighted by atomic mass is 32.2. The van der Waals surface area contributed by atoms with E-state index in [2.05, 4.69) is 4.72 Å². The standard InChI is InChI=1S/C15H23NO4S/c1-7-20-13(6)15(17)16-21(18,19)14-11(4)9(2)8-10(3)12(14)5/h8,13H,7H2,1-6H3,(H,16,17). The number of sulfonamides is 1. The van der Waals surface area contributed by atoms with Gasteiger partial charge < -0.3 is 4.74 Å². The van der Waals surface area contributed by atoms with Crippen molar-refractivity contribution in [2.45, 2.75) is 52.5 Å². The quantitative estimate of drug-likeness (QED) is 0.904. The topological polar surface area (TPSA) is 72.5 Å². The predicted molar refractivity (Wildman–Crippen MR) is 81.8 cm³/mol. The number of benzene rings is 1. The summed E-state index contributed by atoms with van der Waals surface area (Å²) in [6, 6.07) is 1.94. The van der Waals surface area contributed by atoms with Crippen molar-refractivity contribution in [3.05, 3.63) is 28.3 Å². The van der Waals surface area contributed by atoms with E-state index in [4.69, 9.17) is 4.74 Å². The van der Waals surface area contributed by atoms with Gasteiger partial charge in [-0.15, -0.1) is 0 Å². The molecule has 1 rings (SSSR count). The number of rotatable bonds is 5. The zero-order valence-electron chi connectivity index (χ0n) is 13.4. The fourth-order valence-corrected chi connectivity index (χ4v) is 3.84. The number of amides is 1. The van der Waals surface area contributed by atoms with Crippen molar-refractivity contribution < 1.29 is 17.9 Å². The summed E-state index contributed by atoms with van der Waals surface area (Å²) in [5.41, 5.74) is 3.07. The van der Waals surface area contributed by atoms with E-state index in [1.165, 1.54) is 6.92 Å². The second-order valence-corrected chi connectivity index (χ2v) is 6.78. The third-order valence-electron chi connectivity index (χ3n) is 3.59. The number of aryl methyl sites for hydroxylation is 2. The molecule has 1 unspecified atom stereocenters. The van der Waals surface area contributed by atoms with Gasteiger partial charge in [-0.3, -0.25) is 4.79 Å². The van der Waals surface area contributed by atoms with Crippen molar-refractivity contribution >= 4 is 15.9 Å². The number of hydrogen-bond acceptors (Lipinski definition) is 4. The molecule has 21 heavy (non-hydrogen) atoms. The minimum Gasteiger partial charge on any atom is -0.369 e. The van der Waals surface area contributed by atoms with Crippen LogP contribution in [0, 0.1) is 27.7 Å². The van der Waals surface area contributed by atoms with Gasteiger partial charge in [-0.1, -0.05) is 6.07 Å². The number of carbonyl (C=O) groups excluding carboxylic acids is 1. The summed E-state index contributed by atoms with van der Waals surface area (Å²) in [5, 5.41) is 0. The highest BCUT2D eigenvalue weighted by molar-refractivity contribution is 7.90. The van der Waals surface area contributed by atoms with E-state index < -0.39 is 22.0 Å². The van der Waals surface area contributed by atoms with Crippen LogP contribution in [0.3, 0.4) is 0 Å². The Kier molecular flexibility index (Phi) is 5.53. The van der Waals surface area contributed by atoms with Gasteiger partial charge in [-0.05, 0) is 63.8 Å². The molecule has 118 valence electrons. The molecule has 1 atom stereocenters. The summed E-state index contributed by atoms with van der Waals surface area (Å²) < 4.78 is 32.2. The lowest BCUT2D eigenvalue weighted by molar-refractivity contribution is -0.129. The fourth-order valence-electron chi connectivity index (χ4n) is 2.18. The third-order valence-corrected chi connectivity index (χ3v) is 5.21. The van der Waals surface area contributed by atoms with Crippen molar-refractivity contribution in [3.8, 4) is 0 Å². The number of hydrogen-bond donors (Lipinski definition) is 1. The lowest BCUT2D eigenvalue weighted by Gasteiger charge is -2.17. The molecule has 0 spiro atoms. The van der Waals surface area contributed by atoms with Crippen molar-refractivity contribution in [2.24, 2.45) is 0 Å². The summed E-state index contributed by atoms with van der Waals surface area (Å²) in [7, 11) is -3.91. The molecule has 6 heteroatoms. The monoisotopic (exact) mass is 313 g/mol. The van der Waals surface area contributed by atoms with Crippen molar-refractivity contribution in [1.29, 1.82) is 0 Å². The molecule has 5 nitrogen and oxygen atoms in total. The largest absolute Gasteiger partial charge is 0.369 e. The van der Waals surface area contributed by atoms with Gasteiger partial charge in [-0.25, -0.2) is 13.1 Å². The maximum absolute atomic E-state index is 12.5. The molecule has 0 aliphatic rings. The van der Waals surface area contributed by atoms with Crippen molar-refractivity contribution in [2.75, 3.05) is 6.61 Å². The zero-order valence-corrected chi connectivity index (χ0v) is 14.2. The summed E-state index contributed by atoms with van der Waals surface area (Å²) in [6.07, 6.45) is -0.809. The van der Waals surface area contributed by atoms with Crippen LogP contribution in [0.2, 0.25) is 0 Å². The summed E-state index contributed by atoms with van der Waals surface area (Å²) in [5.74, 6) is -0.658. The van der Waals surface area contributed by atoms with Crippen LogP contribution in [0.1, 0.15) is 36.1 Å². The van der Waals surface area contributed by atoms with Crippen molar-refractivity contribution in [1.82, 2.24) is 4.72 Å². The second kappa shape index (κ2) is 6.58. The van der Waals surface area contributed by atoms with E-state index in [0.29, 0.717) is 17.7 Å². The van der Waals surface area contributed by atoms with Gasteiger partial charge in [0.25, 0.3) is 15.9 Å². The molecule has 0 aliphatic carbocycles. The Bertz CT molecular complexity index is 624. The Morgan fingerprint density at radius 3 is 2.10 bits per heavy atom. The normalized spacial score (nSPS) is 13.0. The Morgan fingerprint density at radius 1 is 1.19 bits per heavy atom. The molecule has 0 radical (unpaired) electrons. The SMILES string of the molecule is CCOC(C)C(=O)NS(=O)(=O)c1c(C)c(C)cc(C)c1C. The first-order valence-electron chi connectivity index (χ1n) is 6.87. The van der Waals surface area contributed by atoms with E-state index in [9.17, 15) is 13.2 Å². The third kappa shape index (κ3) is 3.83. The Morgan fingerprint density at radius 2 is 1.67 bits per heavy atom. The number of nitrogens with one attached hydrogen (secondary N) is 1. The average Bonchev–Trinajstić information content (AvgIpc) is 2.36. The lowest BCUT2D eigenvalue weighted by Crippen LogP contribution is -2.39. The second-order valence-electron chi connectivity index (χ2n) is 5.16. The minimum atomic E-state index is -3.91. The number of ether oxygens (including phenoxy) is 1. The van der Waals surface area contributed by atoms with Gasteiger partial charge in [0.15, 0.2) is 0 Å². The summed E-state index contributed by atoms with van der Waals surface area (Å²) >= 11 is 0. The Balaban J connectivity index is 3.24. The van der Waals surface area contributed by atoms with E-state index in [-0.39, 0.29) is 4.90 Å². The average molecular weight is 313 g/mol. The fraction of sp³-hybridized carbons (Fsp3) is 0.533.